The quantitative estimate of drug-likeness (QED) is 0.887. The van der Waals surface area contributed by atoms with E-state index in [2.05, 4.69) is 15.5 Å². The number of benzene rings is 1. The zero-order chi connectivity index (χ0) is 13.7. The van der Waals surface area contributed by atoms with E-state index in [0.29, 0.717) is 17.6 Å². The Morgan fingerprint density at radius 3 is 2.53 bits per heavy atom. The Hall–Kier alpha value is -1.10. The van der Waals surface area contributed by atoms with Crippen molar-refractivity contribution in [1.29, 1.82) is 0 Å². The van der Waals surface area contributed by atoms with E-state index in [1.807, 2.05) is 19.2 Å². The SMILES string of the molecule is CNC1CCN(CC(=O)Nc2ccc(Cl)cc2)CC1. The first-order valence-electron chi connectivity index (χ1n) is 6.62. The first-order valence-corrected chi connectivity index (χ1v) is 7.00. The smallest absolute Gasteiger partial charge is 0.238 e. The van der Waals surface area contributed by atoms with E-state index in [-0.39, 0.29) is 5.91 Å². The number of anilines is 1. The summed E-state index contributed by atoms with van der Waals surface area (Å²) in [6, 6.07) is 7.77. The number of nitrogens with one attached hydrogen (secondary N) is 2. The molecular weight excluding hydrogens is 262 g/mol. The molecule has 1 heterocycles. The number of piperidine rings is 1. The van der Waals surface area contributed by atoms with Gasteiger partial charge < -0.3 is 10.6 Å². The molecule has 2 N–H and O–H groups in total. The van der Waals surface area contributed by atoms with Crippen molar-refractivity contribution in [3.63, 3.8) is 0 Å². The van der Waals surface area contributed by atoms with Gasteiger partial charge in [0, 0.05) is 29.8 Å². The van der Waals surface area contributed by atoms with E-state index >= 15 is 0 Å². The topological polar surface area (TPSA) is 44.4 Å². The first kappa shape index (κ1) is 14.3. The lowest BCUT2D eigenvalue weighted by Crippen LogP contribution is -2.44. The maximum Gasteiger partial charge on any atom is 0.238 e. The molecule has 4 nitrogen and oxygen atoms in total. The van der Waals surface area contributed by atoms with Crippen molar-refractivity contribution in [1.82, 2.24) is 10.2 Å². The van der Waals surface area contributed by atoms with Crippen LogP contribution in [0.2, 0.25) is 5.02 Å². The van der Waals surface area contributed by atoms with E-state index in [9.17, 15) is 4.79 Å². The van der Waals surface area contributed by atoms with Crippen molar-refractivity contribution in [2.75, 3.05) is 32.0 Å². The molecule has 1 saturated heterocycles. The summed E-state index contributed by atoms with van der Waals surface area (Å²) < 4.78 is 0. The van der Waals surface area contributed by atoms with Gasteiger partial charge in [0.1, 0.15) is 0 Å². The van der Waals surface area contributed by atoms with Crippen molar-refractivity contribution in [2.45, 2.75) is 18.9 Å². The second kappa shape index (κ2) is 6.89. The number of halogens is 1. The lowest BCUT2D eigenvalue weighted by molar-refractivity contribution is -0.117. The Bertz CT molecular complexity index is 413. The highest BCUT2D eigenvalue weighted by atomic mass is 35.5. The van der Waals surface area contributed by atoms with Crippen molar-refractivity contribution in [3.8, 4) is 0 Å². The summed E-state index contributed by atoms with van der Waals surface area (Å²) in [5.74, 6) is 0.0326. The predicted molar refractivity (Wildman–Crippen MR) is 78.6 cm³/mol. The van der Waals surface area contributed by atoms with Crippen molar-refractivity contribution in [3.05, 3.63) is 29.3 Å². The minimum atomic E-state index is 0.0326. The molecule has 104 valence electrons. The van der Waals surface area contributed by atoms with Gasteiger partial charge in [-0.15, -0.1) is 0 Å². The van der Waals surface area contributed by atoms with Crippen LogP contribution in [0.1, 0.15) is 12.8 Å². The van der Waals surface area contributed by atoms with E-state index in [1.165, 1.54) is 0 Å². The van der Waals surface area contributed by atoms with Gasteiger partial charge in [-0.25, -0.2) is 0 Å². The van der Waals surface area contributed by atoms with Crippen LogP contribution in [-0.4, -0.2) is 43.5 Å². The van der Waals surface area contributed by atoms with Crippen LogP contribution in [0, 0.1) is 0 Å². The summed E-state index contributed by atoms with van der Waals surface area (Å²) in [4.78, 5) is 14.1. The molecular formula is C14H20ClN3O. The number of carbonyl (C=O) groups excluding carboxylic acids is 1. The number of rotatable bonds is 4. The van der Waals surface area contributed by atoms with Crippen LogP contribution in [0.4, 0.5) is 5.69 Å². The van der Waals surface area contributed by atoms with E-state index < -0.39 is 0 Å². The third kappa shape index (κ3) is 4.49. The molecule has 0 saturated carbocycles. The third-order valence-corrected chi connectivity index (χ3v) is 3.74. The van der Waals surface area contributed by atoms with E-state index in [1.54, 1.807) is 12.1 Å². The summed E-state index contributed by atoms with van der Waals surface area (Å²) in [6.45, 7) is 2.40. The van der Waals surface area contributed by atoms with Crippen LogP contribution in [0.5, 0.6) is 0 Å². The summed E-state index contributed by atoms with van der Waals surface area (Å²) in [5, 5.41) is 6.84. The Kier molecular flexibility index (Phi) is 5.19. The molecule has 0 atom stereocenters. The molecule has 1 amide bonds. The lowest BCUT2D eigenvalue weighted by Gasteiger charge is -2.31. The molecule has 0 bridgehead atoms. The van der Waals surface area contributed by atoms with Crippen molar-refractivity contribution >= 4 is 23.2 Å². The molecule has 0 aliphatic carbocycles. The fourth-order valence-corrected chi connectivity index (χ4v) is 2.44. The summed E-state index contributed by atoms with van der Waals surface area (Å²) in [5.41, 5.74) is 0.791. The molecule has 2 rings (SSSR count). The lowest BCUT2D eigenvalue weighted by atomic mass is 10.1. The van der Waals surface area contributed by atoms with Gasteiger partial charge in [0.05, 0.1) is 6.54 Å². The monoisotopic (exact) mass is 281 g/mol. The number of hydrogen-bond acceptors (Lipinski definition) is 3. The van der Waals surface area contributed by atoms with Gasteiger partial charge in [0.2, 0.25) is 5.91 Å². The van der Waals surface area contributed by atoms with Gasteiger partial charge in [-0.05, 0) is 44.2 Å². The second-order valence-electron chi connectivity index (χ2n) is 4.89. The van der Waals surface area contributed by atoms with Gasteiger partial charge in [0.25, 0.3) is 0 Å². The van der Waals surface area contributed by atoms with Gasteiger partial charge >= 0.3 is 0 Å². The average molecular weight is 282 g/mol. The molecule has 1 aromatic carbocycles. The number of amides is 1. The first-order chi connectivity index (χ1) is 9.17. The molecule has 0 unspecified atom stereocenters. The van der Waals surface area contributed by atoms with Crippen LogP contribution in [0.25, 0.3) is 0 Å². The number of nitrogens with zero attached hydrogens (tertiary/aromatic N) is 1. The summed E-state index contributed by atoms with van der Waals surface area (Å²) in [6.07, 6.45) is 2.20. The highest BCUT2D eigenvalue weighted by Crippen LogP contribution is 2.14. The highest BCUT2D eigenvalue weighted by Gasteiger charge is 2.19. The average Bonchev–Trinajstić information content (AvgIpc) is 2.42. The Balaban J connectivity index is 1.77. The van der Waals surface area contributed by atoms with Crippen LogP contribution in [-0.2, 0) is 4.79 Å². The van der Waals surface area contributed by atoms with Crippen LogP contribution in [0.15, 0.2) is 24.3 Å². The zero-order valence-electron chi connectivity index (χ0n) is 11.2. The minimum absolute atomic E-state index is 0.0326. The van der Waals surface area contributed by atoms with E-state index in [0.717, 1.165) is 31.6 Å². The molecule has 1 fully saturated rings. The summed E-state index contributed by atoms with van der Waals surface area (Å²) >= 11 is 5.80. The predicted octanol–water partition coefficient (Wildman–Crippen LogP) is 1.96. The minimum Gasteiger partial charge on any atom is -0.325 e. The van der Waals surface area contributed by atoms with E-state index in [4.69, 9.17) is 11.6 Å². The van der Waals surface area contributed by atoms with Gasteiger partial charge in [0.15, 0.2) is 0 Å². The number of carbonyl (C=O) groups is 1. The number of likely N-dealkylation sites (tertiary alicyclic amines) is 1. The third-order valence-electron chi connectivity index (χ3n) is 3.49. The number of hydrogen-bond donors (Lipinski definition) is 2. The second-order valence-corrected chi connectivity index (χ2v) is 5.33. The fraction of sp³-hybridized carbons (Fsp3) is 0.500. The van der Waals surface area contributed by atoms with Gasteiger partial charge in [-0.3, -0.25) is 9.69 Å². The molecule has 5 heteroatoms. The summed E-state index contributed by atoms with van der Waals surface area (Å²) in [7, 11) is 1.99. The van der Waals surface area contributed by atoms with Gasteiger partial charge in [-0.1, -0.05) is 11.6 Å². The fourth-order valence-electron chi connectivity index (χ4n) is 2.32. The highest BCUT2D eigenvalue weighted by molar-refractivity contribution is 6.30. The maximum absolute atomic E-state index is 11.9. The maximum atomic E-state index is 11.9. The Morgan fingerprint density at radius 1 is 1.32 bits per heavy atom. The molecule has 1 aliphatic heterocycles. The molecule has 1 aromatic rings. The Labute approximate surface area is 119 Å². The molecule has 19 heavy (non-hydrogen) atoms. The van der Waals surface area contributed by atoms with Gasteiger partial charge in [-0.2, -0.15) is 0 Å². The standard InChI is InChI=1S/C14H20ClN3O/c1-16-12-6-8-18(9-7-12)10-14(19)17-13-4-2-11(15)3-5-13/h2-5,12,16H,6-10H2,1H3,(H,17,19). The van der Waals surface area contributed by atoms with Crippen LogP contribution < -0.4 is 10.6 Å². The van der Waals surface area contributed by atoms with Crippen molar-refractivity contribution in [2.24, 2.45) is 0 Å². The van der Waals surface area contributed by atoms with Crippen molar-refractivity contribution < 1.29 is 4.79 Å². The van der Waals surface area contributed by atoms with Crippen LogP contribution >= 0.6 is 11.6 Å². The normalized spacial score (nSPS) is 17.4. The molecule has 0 radical (unpaired) electrons. The largest absolute Gasteiger partial charge is 0.325 e. The van der Waals surface area contributed by atoms with Crippen LogP contribution in [0.3, 0.4) is 0 Å². The molecule has 1 aliphatic rings. The molecule has 0 spiro atoms. The molecule has 0 aromatic heterocycles. The Morgan fingerprint density at radius 2 is 1.95 bits per heavy atom. The zero-order valence-corrected chi connectivity index (χ0v) is 11.9.